The van der Waals surface area contributed by atoms with Crippen LogP contribution in [0.2, 0.25) is 0 Å². The molecule has 84 valence electrons. The number of benzene rings is 1. The van der Waals surface area contributed by atoms with E-state index in [0.717, 1.165) is 22.7 Å². The minimum absolute atomic E-state index is 0.512. The number of methoxy groups -OCH3 is 1. The molecule has 1 heterocycles. The Morgan fingerprint density at radius 1 is 1.12 bits per heavy atom. The van der Waals surface area contributed by atoms with E-state index in [2.05, 4.69) is 21.6 Å². The number of rotatable bonds is 4. The maximum Gasteiger partial charge on any atom is 0.482 e. The van der Waals surface area contributed by atoms with Crippen LogP contribution in [0.5, 0.6) is 5.75 Å². The number of nitrogens with zero attached hydrogens (tertiary/aromatic N) is 1. The van der Waals surface area contributed by atoms with Gasteiger partial charge in [0, 0.05) is 12.7 Å². The van der Waals surface area contributed by atoms with Crippen LogP contribution in [0.4, 0.5) is 0 Å². The Hall–Kier alpha value is -1.34. The molecule has 0 spiro atoms. The van der Waals surface area contributed by atoms with Crippen molar-refractivity contribution in [3.8, 4) is 17.0 Å². The molecule has 1 aromatic carbocycles. The lowest BCUT2D eigenvalue weighted by Crippen LogP contribution is -1.95. The van der Waals surface area contributed by atoms with E-state index in [9.17, 15) is 0 Å². The fourth-order valence-electron chi connectivity index (χ4n) is 1.64. The van der Waals surface area contributed by atoms with Crippen LogP contribution >= 0.6 is 0 Å². The average Bonchev–Trinajstić information content (AvgIpc) is 2.39. The second-order valence-electron chi connectivity index (χ2n) is 3.56. The second kappa shape index (κ2) is 5.83. The molecule has 0 saturated carbocycles. The van der Waals surface area contributed by atoms with Crippen molar-refractivity contribution in [2.45, 2.75) is 6.61 Å². The van der Waals surface area contributed by atoms with Crippen LogP contribution in [0, 0.1) is 0 Å². The van der Waals surface area contributed by atoms with Crippen molar-refractivity contribution in [3.05, 3.63) is 48.2 Å². The summed E-state index contributed by atoms with van der Waals surface area (Å²) in [5.41, 5.74) is 2.77. The number of pyridine rings is 1. The monoisotopic (exact) mass is 241 g/mol. The first-order valence-corrected chi connectivity index (χ1v) is 5.73. The summed E-state index contributed by atoms with van der Waals surface area (Å²) >= 11 is 2.26. The lowest BCUT2D eigenvalue weighted by molar-refractivity contribution is 0.181. The predicted molar refractivity (Wildman–Crippen MR) is 66.8 cm³/mol. The van der Waals surface area contributed by atoms with Gasteiger partial charge < -0.3 is 8.53 Å². The molecule has 3 nitrogen and oxygen atoms in total. The highest BCUT2D eigenvalue weighted by molar-refractivity contribution is 6.00. The molecule has 0 bridgehead atoms. The van der Waals surface area contributed by atoms with Crippen LogP contribution in [-0.2, 0) is 11.3 Å². The van der Waals surface area contributed by atoms with Gasteiger partial charge in [-0.15, -0.1) is 0 Å². The van der Waals surface area contributed by atoms with Gasteiger partial charge >= 0.3 is 16.6 Å². The smallest absolute Gasteiger partial charge is 0.482 e. The third kappa shape index (κ3) is 2.86. The molecule has 1 aromatic heterocycles. The van der Waals surface area contributed by atoms with Gasteiger partial charge in [0.15, 0.2) is 0 Å². The highest BCUT2D eigenvalue weighted by Crippen LogP contribution is 2.27. The summed E-state index contributed by atoms with van der Waals surface area (Å²) in [5, 5.41) is 0. The molecule has 0 unspecified atom stereocenters. The molecule has 4 heteroatoms. The first-order valence-electron chi connectivity index (χ1n) is 5.26. The van der Waals surface area contributed by atoms with Crippen molar-refractivity contribution in [1.82, 2.24) is 4.98 Å². The van der Waals surface area contributed by atoms with Crippen molar-refractivity contribution in [2.24, 2.45) is 0 Å². The van der Waals surface area contributed by atoms with Crippen molar-refractivity contribution in [2.75, 3.05) is 7.11 Å². The Bertz CT molecular complexity index is 502. The Balaban J connectivity index is 2.41. The minimum Gasteiger partial charge on any atom is -0.653 e. The summed E-state index contributed by atoms with van der Waals surface area (Å²) in [6, 6.07) is 13.7. The number of ether oxygens (including phenoxy) is 1. The van der Waals surface area contributed by atoms with Gasteiger partial charge in [0.2, 0.25) is 0 Å². The molecule has 2 rings (SSSR count). The largest absolute Gasteiger partial charge is 0.653 e. The van der Waals surface area contributed by atoms with E-state index in [1.54, 1.807) is 7.11 Å². The number of para-hydroxylation sites is 1. The maximum absolute atomic E-state index is 5.24. The van der Waals surface area contributed by atoms with Gasteiger partial charge in [-0.05, 0) is 24.3 Å². The average molecular weight is 241 g/mol. The molecule has 0 aliphatic heterocycles. The molecule has 0 aliphatic carbocycles. The number of hydrogen-bond donors (Lipinski definition) is 0. The molecular weight excluding hydrogens is 229 g/mol. The third-order valence-corrected chi connectivity index (χ3v) is 2.64. The summed E-state index contributed by atoms with van der Waals surface area (Å²) in [6.07, 6.45) is 0. The summed E-state index contributed by atoms with van der Waals surface area (Å²) in [4.78, 5) is 4.53. The van der Waals surface area contributed by atoms with Gasteiger partial charge in [-0.3, -0.25) is 4.98 Å². The van der Waals surface area contributed by atoms with Gasteiger partial charge in [0.05, 0.1) is 23.7 Å². The summed E-state index contributed by atoms with van der Waals surface area (Å²) in [7, 11) is 1.66. The molecule has 0 amide bonds. The van der Waals surface area contributed by atoms with Crippen LogP contribution in [-0.4, -0.2) is 28.7 Å². The molecule has 17 heavy (non-hydrogen) atoms. The maximum atomic E-state index is 5.24. The standard InChI is InChI=1S/C13H13NO2.Al/c1-16-9-10-5-4-7-12(14-10)11-6-2-3-8-13(11)15;/h2-8,15H,9H2,1H3;/q;+1/p-1. The molecule has 0 N–H and O–H groups in total. The molecule has 0 aliphatic rings. The number of aromatic nitrogens is 1. The lowest BCUT2D eigenvalue weighted by atomic mass is 10.1. The SMILES string of the molecule is COCc1cccc(-c2ccccc2[O][Al])n1. The zero-order chi connectivity index (χ0) is 12.1. The van der Waals surface area contributed by atoms with Gasteiger partial charge in [0.1, 0.15) is 0 Å². The summed E-state index contributed by atoms with van der Waals surface area (Å²) in [6.45, 7) is 0.512. The van der Waals surface area contributed by atoms with Crippen molar-refractivity contribution < 1.29 is 8.53 Å². The summed E-state index contributed by atoms with van der Waals surface area (Å²) < 4.78 is 10.3. The molecule has 0 atom stereocenters. The van der Waals surface area contributed by atoms with Gasteiger partial charge in [-0.2, -0.15) is 0 Å². The van der Waals surface area contributed by atoms with Crippen molar-refractivity contribution >= 4 is 16.6 Å². The van der Waals surface area contributed by atoms with E-state index in [4.69, 9.17) is 8.53 Å². The van der Waals surface area contributed by atoms with Crippen LogP contribution in [0.15, 0.2) is 42.5 Å². The molecule has 2 aromatic rings. The van der Waals surface area contributed by atoms with E-state index in [0.29, 0.717) is 6.61 Å². The predicted octanol–water partition coefficient (Wildman–Crippen LogP) is 2.36. The van der Waals surface area contributed by atoms with Gasteiger partial charge in [-0.1, -0.05) is 18.2 Å². The highest BCUT2D eigenvalue weighted by atomic mass is 27.1. The normalized spacial score (nSPS) is 10.2. The van der Waals surface area contributed by atoms with E-state index in [1.807, 2.05) is 42.5 Å². The van der Waals surface area contributed by atoms with E-state index in [1.165, 1.54) is 0 Å². The lowest BCUT2D eigenvalue weighted by Gasteiger charge is -2.10. The Labute approximate surface area is 109 Å². The Morgan fingerprint density at radius 2 is 1.94 bits per heavy atom. The van der Waals surface area contributed by atoms with E-state index in [-0.39, 0.29) is 0 Å². The number of hydrogen-bond acceptors (Lipinski definition) is 3. The third-order valence-electron chi connectivity index (χ3n) is 2.39. The van der Waals surface area contributed by atoms with E-state index >= 15 is 0 Å². The fourth-order valence-corrected chi connectivity index (χ4v) is 1.84. The first-order chi connectivity index (χ1) is 8.35. The van der Waals surface area contributed by atoms with E-state index < -0.39 is 0 Å². The van der Waals surface area contributed by atoms with Crippen molar-refractivity contribution in [3.63, 3.8) is 0 Å². The molecule has 0 saturated heterocycles. The highest BCUT2D eigenvalue weighted by Gasteiger charge is 2.05. The molecular formula is C13H12AlNO2. The van der Waals surface area contributed by atoms with Crippen LogP contribution < -0.4 is 3.79 Å². The van der Waals surface area contributed by atoms with Gasteiger partial charge in [-0.25, -0.2) is 0 Å². The quantitative estimate of drug-likeness (QED) is 0.770. The fraction of sp³-hybridized carbons (Fsp3) is 0.154. The van der Waals surface area contributed by atoms with Crippen molar-refractivity contribution in [1.29, 1.82) is 0 Å². The topological polar surface area (TPSA) is 31.4 Å². The van der Waals surface area contributed by atoms with Crippen LogP contribution in [0.3, 0.4) is 0 Å². The minimum atomic E-state index is 0.512. The Morgan fingerprint density at radius 3 is 2.71 bits per heavy atom. The zero-order valence-electron chi connectivity index (χ0n) is 9.59. The first kappa shape index (κ1) is 12.1. The van der Waals surface area contributed by atoms with Crippen LogP contribution in [0.1, 0.15) is 5.69 Å². The second-order valence-corrected chi connectivity index (χ2v) is 3.80. The van der Waals surface area contributed by atoms with Crippen LogP contribution in [0.25, 0.3) is 11.3 Å². The Kier molecular flexibility index (Phi) is 4.16. The molecule has 2 radical (unpaired) electrons. The summed E-state index contributed by atoms with van der Waals surface area (Å²) in [5.74, 6) is 0.791. The molecule has 0 fully saturated rings. The zero-order valence-corrected chi connectivity index (χ0v) is 10.7. The van der Waals surface area contributed by atoms with Gasteiger partial charge in [0.25, 0.3) is 0 Å².